The van der Waals surface area contributed by atoms with Gasteiger partial charge >= 0.3 is 0 Å². The average molecular weight is 419 g/mol. The number of fused-ring (bicyclic) bond motifs is 1. The molecule has 2 amide bonds. The van der Waals surface area contributed by atoms with Gasteiger partial charge in [-0.3, -0.25) is 9.59 Å². The smallest absolute Gasteiger partial charge is 0.243 e. The van der Waals surface area contributed by atoms with Gasteiger partial charge in [0.2, 0.25) is 28.6 Å². The monoisotopic (exact) mass is 419 g/mol. The third-order valence-electron chi connectivity index (χ3n) is 4.18. The lowest BCUT2D eigenvalue weighted by Gasteiger charge is -2.17. The van der Waals surface area contributed by atoms with Crippen molar-refractivity contribution in [2.24, 2.45) is 0 Å². The quantitative estimate of drug-likeness (QED) is 0.700. The fourth-order valence-electron chi connectivity index (χ4n) is 2.69. The maximum Gasteiger partial charge on any atom is 0.243 e. The summed E-state index contributed by atoms with van der Waals surface area (Å²) >= 11 is 0. The van der Waals surface area contributed by atoms with Crippen LogP contribution in [0.4, 0.5) is 5.69 Å². The Hall–Kier alpha value is -3.11. The van der Waals surface area contributed by atoms with Crippen molar-refractivity contribution in [2.45, 2.75) is 18.4 Å². The standard InChI is InChI=1S/C19H21N3O6S/c1-13(23)21-15-4-6-16(7-5-15)29(25,26)22(2)11-19(24)20-10-14-3-8-17-18(9-14)28-12-27-17/h3-9H,10-12H2,1-2H3,(H,20,24)(H,21,23). The molecule has 154 valence electrons. The van der Waals surface area contributed by atoms with E-state index in [0.717, 1.165) is 9.87 Å². The molecule has 0 fully saturated rings. The lowest BCUT2D eigenvalue weighted by atomic mass is 10.2. The minimum Gasteiger partial charge on any atom is -0.454 e. The number of sulfonamides is 1. The maximum absolute atomic E-state index is 12.6. The van der Waals surface area contributed by atoms with E-state index in [2.05, 4.69) is 10.6 Å². The van der Waals surface area contributed by atoms with Crippen LogP contribution in [0.15, 0.2) is 47.4 Å². The molecule has 0 radical (unpaired) electrons. The first kappa shape index (κ1) is 20.6. The highest BCUT2D eigenvalue weighted by Gasteiger charge is 2.23. The molecule has 2 aromatic rings. The van der Waals surface area contributed by atoms with Crippen molar-refractivity contribution in [3.8, 4) is 11.5 Å². The van der Waals surface area contributed by atoms with Crippen molar-refractivity contribution >= 4 is 27.5 Å². The Morgan fingerprint density at radius 1 is 1.07 bits per heavy atom. The zero-order valence-corrected chi connectivity index (χ0v) is 16.8. The van der Waals surface area contributed by atoms with Crippen molar-refractivity contribution in [3.63, 3.8) is 0 Å². The summed E-state index contributed by atoms with van der Waals surface area (Å²) in [5.74, 6) is 0.565. The van der Waals surface area contributed by atoms with Gasteiger partial charge in [-0.2, -0.15) is 4.31 Å². The molecular formula is C19H21N3O6S. The summed E-state index contributed by atoms with van der Waals surface area (Å²) in [7, 11) is -2.52. The van der Waals surface area contributed by atoms with Crippen LogP contribution in [0.5, 0.6) is 11.5 Å². The molecule has 0 bridgehead atoms. The van der Waals surface area contributed by atoms with Crippen molar-refractivity contribution in [1.29, 1.82) is 0 Å². The van der Waals surface area contributed by atoms with E-state index in [0.29, 0.717) is 17.2 Å². The number of nitrogens with one attached hydrogen (secondary N) is 2. The SMILES string of the molecule is CC(=O)Nc1ccc(S(=O)(=O)N(C)CC(=O)NCc2ccc3c(c2)OCO3)cc1. The number of hydrogen-bond donors (Lipinski definition) is 2. The number of ether oxygens (including phenoxy) is 2. The molecule has 0 aliphatic carbocycles. The van der Waals surface area contributed by atoms with Gasteiger partial charge in [-0.15, -0.1) is 0 Å². The van der Waals surface area contributed by atoms with E-state index in [4.69, 9.17) is 9.47 Å². The van der Waals surface area contributed by atoms with E-state index in [1.54, 1.807) is 18.2 Å². The second-order valence-corrected chi connectivity index (χ2v) is 8.48. The molecule has 0 spiro atoms. The first-order valence-corrected chi connectivity index (χ1v) is 10.2. The molecular weight excluding hydrogens is 398 g/mol. The summed E-state index contributed by atoms with van der Waals surface area (Å²) in [4.78, 5) is 23.3. The third kappa shape index (κ3) is 5.04. The topological polar surface area (TPSA) is 114 Å². The molecule has 0 saturated heterocycles. The van der Waals surface area contributed by atoms with Crippen molar-refractivity contribution in [3.05, 3.63) is 48.0 Å². The number of carbonyl (C=O) groups excluding carboxylic acids is 2. The Kier molecular flexibility index (Phi) is 6.04. The summed E-state index contributed by atoms with van der Waals surface area (Å²) < 4.78 is 36.8. The van der Waals surface area contributed by atoms with Gasteiger partial charge in [0.25, 0.3) is 0 Å². The van der Waals surface area contributed by atoms with Crippen LogP contribution < -0.4 is 20.1 Å². The van der Waals surface area contributed by atoms with Gasteiger partial charge in [0.1, 0.15) is 0 Å². The zero-order valence-electron chi connectivity index (χ0n) is 16.0. The summed E-state index contributed by atoms with van der Waals surface area (Å²) in [6.07, 6.45) is 0. The summed E-state index contributed by atoms with van der Waals surface area (Å²) in [5, 5.41) is 5.25. The molecule has 2 aromatic carbocycles. The lowest BCUT2D eigenvalue weighted by molar-refractivity contribution is -0.121. The fraction of sp³-hybridized carbons (Fsp3) is 0.263. The van der Waals surface area contributed by atoms with Gasteiger partial charge in [0.15, 0.2) is 11.5 Å². The number of rotatable bonds is 7. The van der Waals surface area contributed by atoms with Gasteiger partial charge in [-0.05, 0) is 42.0 Å². The molecule has 0 aromatic heterocycles. The average Bonchev–Trinajstić information content (AvgIpc) is 3.14. The molecule has 9 nitrogen and oxygen atoms in total. The highest BCUT2D eigenvalue weighted by Crippen LogP contribution is 2.32. The molecule has 2 N–H and O–H groups in total. The summed E-state index contributed by atoms with van der Waals surface area (Å²) in [6.45, 7) is 1.43. The second-order valence-electron chi connectivity index (χ2n) is 6.43. The molecule has 1 aliphatic heterocycles. The van der Waals surface area contributed by atoms with Crippen molar-refractivity contribution in [2.75, 3.05) is 25.7 Å². The highest BCUT2D eigenvalue weighted by molar-refractivity contribution is 7.89. The largest absolute Gasteiger partial charge is 0.454 e. The zero-order chi connectivity index (χ0) is 21.0. The maximum atomic E-state index is 12.6. The molecule has 1 aliphatic rings. The number of anilines is 1. The van der Waals surface area contributed by atoms with Gasteiger partial charge in [0.05, 0.1) is 11.4 Å². The van der Waals surface area contributed by atoms with E-state index in [1.165, 1.54) is 38.2 Å². The Labute approximate surface area is 168 Å². The molecule has 0 atom stereocenters. The van der Waals surface area contributed by atoms with Crippen LogP contribution in [0.1, 0.15) is 12.5 Å². The van der Waals surface area contributed by atoms with Gasteiger partial charge in [-0.25, -0.2) is 8.42 Å². The van der Waals surface area contributed by atoms with E-state index in [-0.39, 0.29) is 30.7 Å². The molecule has 3 rings (SSSR count). The van der Waals surface area contributed by atoms with Crippen LogP contribution in [0.2, 0.25) is 0 Å². The van der Waals surface area contributed by atoms with E-state index in [9.17, 15) is 18.0 Å². The number of hydrogen-bond acceptors (Lipinski definition) is 6. The Balaban J connectivity index is 1.57. The summed E-state index contributed by atoms with van der Waals surface area (Å²) in [6, 6.07) is 11.0. The normalized spacial score (nSPS) is 12.7. The Morgan fingerprint density at radius 2 is 1.76 bits per heavy atom. The fourth-order valence-corrected chi connectivity index (χ4v) is 3.82. The van der Waals surface area contributed by atoms with Gasteiger partial charge in [0, 0.05) is 26.2 Å². The molecule has 0 unspecified atom stereocenters. The first-order valence-electron chi connectivity index (χ1n) is 8.75. The minimum absolute atomic E-state index is 0.0256. The van der Waals surface area contributed by atoms with Crippen molar-refractivity contribution in [1.82, 2.24) is 9.62 Å². The second kappa shape index (κ2) is 8.50. The molecule has 0 saturated carbocycles. The van der Waals surface area contributed by atoms with Crippen LogP contribution in [0.25, 0.3) is 0 Å². The first-order chi connectivity index (χ1) is 13.8. The predicted molar refractivity (Wildman–Crippen MR) is 105 cm³/mol. The predicted octanol–water partition coefficient (Wildman–Crippen LogP) is 1.31. The van der Waals surface area contributed by atoms with E-state index in [1.807, 2.05) is 0 Å². The number of likely N-dealkylation sites (N-methyl/N-ethyl adjacent to an activating group) is 1. The number of carbonyl (C=O) groups is 2. The minimum atomic E-state index is -3.85. The number of benzene rings is 2. The Bertz CT molecular complexity index is 1020. The van der Waals surface area contributed by atoms with Crippen LogP contribution in [0, 0.1) is 0 Å². The van der Waals surface area contributed by atoms with Crippen LogP contribution >= 0.6 is 0 Å². The molecule has 1 heterocycles. The van der Waals surface area contributed by atoms with Gasteiger partial charge in [-0.1, -0.05) is 6.07 Å². The third-order valence-corrected chi connectivity index (χ3v) is 5.99. The number of nitrogens with zero attached hydrogens (tertiary/aromatic N) is 1. The van der Waals surface area contributed by atoms with Crippen LogP contribution in [-0.4, -0.2) is 44.9 Å². The van der Waals surface area contributed by atoms with Gasteiger partial charge < -0.3 is 20.1 Å². The highest BCUT2D eigenvalue weighted by atomic mass is 32.2. The van der Waals surface area contributed by atoms with E-state index >= 15 is 0 Å². The van der Waals surface area contributed by atoms with E-state index < -0.39 is 15.9 Å². The molecule has 10 heteroatoms. The van der Waals surface area contributed by atoms with Crippen LogP contribution in [-0.2, 0) is 26.2 Å². The molecule has 29 heavy (non-hydrogen) atoms. The number of amides is 2. The Morgan fingerprint density at radius 3 is 2.45 bits per heavy atom. The van der Waals surface area contributed by atoms with Crippen molar-refractivity contribution < 1.29 is 27.5 Å². The lowest BCUT2D eigenvalue weighted by Crippen LogP contribution is -2.38. The van der Waals surface area contributed by atoms with Crippen LogP contribution in [0.3, 0.4) is 0 Å². The summed E-state index contributed by atoms with van der Waals surface area (Å²) in [5.41, 5.74) is 1.29.